The third-order valence-corrected chi connectivity index (χ3v) is 15.1. The molecule has 3 aliphatic heterocycles. The van der Waals surface area contributed by atoms with Crippen LogP contribution in [-0.4, -0.2) is 42.5 Å². The van der Waals surface area contributed by atoms with E-state index in [-0.39, 0.29) is 86.9 Å². The molecular formula is C64H57N12O10+. The molecule has 5 heterocycles. The number of ether oxygens (including phenoxy) is 4. The van der Waals surface area contributed by atoms with E-state index in [2.05, 4.69) is 140 Å². The topological polar surface area (TPSA) is 260 Å². The van der Waals surface area contributed by atoms with Gasteiger partial charge in [0.25, 0.3) is 28.2 Å². The normalized spacial score (nSPS) is 16.2. The number of aromatic nitrogens is 2. The fraction of sp³-hybridized carbons (Fsp3) is 0.234. The molecule has 3 aliphatic rings. The molecule has 0 fully saturated rings. The van der Waals surface area contributed by atoms with Crippen LogP contribution in [0.25, 0.3) is 15.6 Å². The van der Waals surface area contributed by atoms with Crippen molar-refractivity contribution in [3.05, 3.63) is 226 Å². The molecule has 86 heavy (non-hydrogen) atoms. The number of hydrogen-bond acceptors (Lipinski definition) is 16. The third kappa shape index (κ3) is 11.1. The number of nitrogens with zero attached hydrogens (tertiary/aromatic N) is 11. The van der Waals surface area contributed by atoms with Crippen LogP contribution in [0.2, 0.25) is 0 Å². The number of allylic oxidation sites excluding steroid dienone is 1. The van der Waals surface area contributed by atoms with Crippen molar-refractivity contribution >= 4 is 67.7 Å². The Morgan fingerprint density at radius 1 is 0.721 bits per heavy atom. The molecule has 2 aromatic heterocycles. The number of fused-ring (bicyclic) bond motifs is 7. The summed E-state index contributed by atoms with van der Waals surface area (Å²) in [6.45, 7) is 16.8. The Bertz CT molecular complexity index is 4200. The number of para-hydroxylation sites is 1. The van der Waals surface area contributed by atoms with E-state index in [4.69, 9.17) is 25.5 Å². The molecule has 0 saturated heterocycles. The zero-order chi connectivity index (χ0) is 60.9. The Labute approximate surface area is 493 Å². The molecule has 0 saturated carbocycles. The van der Waals surface area contributed by atoms with E-state index >= 15 is 0 Å². The third-order valence-electron chi connectivity index (χ3n) is 15.1. The van der Waals surface area contributed by atoms with Crippen LogP contribution in [-0.2, 0) is 24.9 Å². The number of non-ortho nitro benzene ring substituents is 2. The number of nitro benzene ring substituents is 2. The molecule has 2 unspecified atom stereocenters. The molecule has 1 spiro atoms. The van der Waals surface area contributed by atoms with E-state index < -0.39 is 38.5 Å². The summed E-state index contributed by atoms with van der Waals surface area (Å²) in [6, 6.07) is 42.9. The number of rotatable bonds is 13. The van der Waals surface area contributed by atoms with Gasteiger partial charge in [0.15, 0.2) is 22.9 Å². The van der Waals surface area contributed by atoms with E-state index in [0.29, 0.717) is 25.7 Å². The van der Waals surface area contributed by atoms with Crippen LogP contribution in [0.15, 0.2) is 176 Å². The van der Waals surface area contributed by atoms with Crippen LogP contribution in [0, 0.1) is 52.0 Å². The number of unbranched alkanes of at least 4 members (excludes halogenated alkanes) is 2. The van der Waals surface area contributed by atoms with Crippen LogP contribution in [0.5, 0.6) is 23.3 Å². The smallest absolute Gasteiger partial charge is 0.384 e. The zero-order valence-corrected chi connectivity index (χ0v) is 47.8. The molecule has 8 aromatic rings. The Kier molecular flexibility index (Phi) is 16.5. The highest BCUT2D eigenvalue weighted by Crippen LogP contribution is 2.49. The Morgan fingerprint density at radius 3 is 1.83 bits per heavy atom. The van der Waals surface area contributed by atoms with Gasteiger partial charge in [-0.05, 0) is 92.3 Å². The maximum absolute atomic E-state index is 13.9. The second-order valence-electron chi connectivity index (χ2n) is 20.7. The van der Waals surface area contributed by atoms with E-state index in [1.807, 2.05) is 38.1 Å². The lowest BCUT2D eigenvalue weighted by Gasteiger charge is -2.34. The second kappa shape index (κ2) is 24.4. The number of azo groups is 2. The van der Waals surface area contributed by atoms with Gasteiger partial charge in [-0.2, -0.15) is 9.84 Å². The first-order valence-corrected chi connectivity index (χ1v) is 27.7. The average Bonchev–Trinajstić information content (AvgIpc) is 1.84. The fourth-order valence-electron chi connectivity index (χ4n) is 10.7. The maximum Gasteiger partial charge on any atom is 0.613 e. The number of nitrogens with one attached hydrogen (secondary N) is 1. The van der Waals surface area contributed by atoms with Crippen molar-refractivity contribution in [2.24, 2.45) is 20.5 Å². The van der Waals surface area contributed by atoms with E-state index in [1.54, 1.807) is 0 Å². The molecule has 0 aliphatic carbocycles. The van der Waals surface area contributed by atoms with Crippen LogP contribution in [0.3, 0.4) is 0 Å². The molecule has 22 heteroatoms. The fourth-order valence-corrected chi connectivity index (χ4v) is 10.7. The van der Waals surface area contributed by atoms with E-state index in [0.717, 1.165) is 57.6 Å². The van der Waals surface area contributed by atoms with Gasteiger partial charge in [0.2, 0.25) is 17.4 Å². The number of anilines is 1. The predicted octanol–water partition coefficient (Wildman–Crippen LogP) is 14.8. The SMILES string of the molecule is C[N+]1=C(C=CNc2ccccc2)C(C)(Cc2ccccc2)c2c1ccc1ccccc21.[C-]#[N+]c1c(C)c2c(n(CCCC)c1=O)OC1(Oc3ccc([N+](=O)[O-])cc3N=Nc3c(C)c(C#N)c(=O)n(CCCC)c3O1)Oc1ccc([N+](=O)[O-])cc1N=N2. The number of nitro groups is 2. The highest BCUT2D eigenvalue weighted by Gasteiger charge is 2.51. The lowest BCUT2D eigenvalue weighted by Crippen LogP contribution is -2.55. The molecule has 432 valence electrons. The van der Waals surface area contributed by atoms with Gasteiger partial charge in [-0.15, -0.1) is 20.5 Å². The monoisotopic (exact) mass is 1150 g/mol. The van der Waals surface area contributed by atoms with Crippen LogP contribution in [0.1, 0.15) is 74.3 Å². The molecule has 0 radical (unpaired) electrons. The molecular weight excluding hydrogens is 1100 g/mol. The van der Waals surface area contributed by atoms with Crippen LogP contribution in [0.4, 0.5) is 51.2 Å². The van der Waals surface area contributed by atoms with E-state index in [1.165, 1.54) is 47.1 Å². The highest BCUT2D eigenvalue weighted by molar-refractivity contribution is 6.08. The molecule has 2 atom stereocenters. The van der Waals surface area contributed by atoms with Gasteiger partial charge >= 0.3 is 6.16 Å². The first-order valence-electron chi connectivity index (χ1n) is 27.7. The summed E-state index contributed by atoms with van der Waals surface area (Å²) in [6.07, 6.45) is 4.27. The Morgan fingerprint density at radius 2 is 1.27 bits per heavy atom. The zero-order valence-electron chi connectivity index (χ0n) is 47.8. The highest BCUT2D eigenvalue weighted by atomic mass is 17.0. The summed E-state index contributed by atoms with van der Waals surface area (Å²) in [5, 5.41) is 56.9. The number of nitriles is 1. The van der Waals surface area contributed by atoms with Crippen molar-refractivity contribution in [1.82, 2.24) is 9.13 Å². The van der Waals surface area contributed by atoms with Crippen molar-refractivity contribution in [2.75, 3.05) is 12.4 Å². The first kappa shape index (κ1) is 58.1. The van der Waals surface area contributed by atoms with Crippen molar-refractivity contribution < 1.29 is 33.4 Å². The summed E-state index contributed by atoms with van der Waals surface area (Å²) in [7, 11) is 2.19. The van der Waals surface area contributed by atoms with Crippen molar-refractivity contribution in [1.29, 1.82) is 5.26 Å². The Balaban J connectivity index is 0.000000222. The van der Waals surface area contributed by atoms with Crippen molar-refractivity contribution in [3.63, 3.8) is 0 Å². The minimum atomic E-state index is -3.00. The molecule has 0 amide bonds. The van der Waals surface area contributed by atoms with E-state index in [9.17, 15) is 35.1 Å². The number of hydrogen-bond donors (Lipinski definition) is 1. The van der Waals surface area contributed by atoms with Gasteiger partial charge in [0.1, 0.15) is 35.7 Å². The second-order valence-corrected chi connectivity index (χ2v) is 20.7. The minimum absolute atomic E-state index is 0.0135. The van der Waals surface area contributed by atoms with Crippen molar-refractivity contribution in [2.45, 2.75) is 91.4 Å². The maximum atomic E-state index is 13.9. The van der Waals surface area contributed by atoms with Gasteiger partial charge < -0.3 is 24.3 Å². The molecule has 6 aromatic carbocycles. The van der Waals surface area contributed by atoms with Crippen LogP contribution >= 0.6 is 0 Å². The molecule has 1 N–H and O–H groups in total. The summed E-state index contributed by atoms with van der Waals surface area (Å²) in [5.41, 5.74) is 2.54. The minimum Gasteiger partial charge on any atom is -0.384 e. The van der Waals surface area contributed by atoms with Gasteiger partial charge in [-0.25, -0.2) is 4.85 Å². The summed E-state index contributed by atoms with van der Waals surface area (Å²) in [4.78, 5) is 53.7. The summed E-state index contributed by atoms with van der Waals surface area (Å²) in [5.74, 6) is -1.31. The average molecular weight is 1150 g/mol. The number of pyridine rings is 2. The van der Waals surface area contributed by atoms with Crippen LogP contribution < -0.4 is 35.4 Å². The summed E-state index contributed by atoms with van der Waals surface area (Å²) < 4.78 is 30.5. The quantitative estimate of drug-likeness (QED) is 0.0489. The van der Waals surface area contributed by atoms with Gasteiger partial charge in [-0.1, -0.05) is 99.5 Å². The summed E-state index contributed by atoms with van der Waals surface area (Å²) >= 11 is 0. The van der Waals surface area contributed by atoms with Gasteiger partial charge in [0.05, 0.1) is 21.8 Å². The first-order chi connectivity index (χ1) is 41.5. The molecule has 11 rings (SSSR count). The van der Waals surface area contributed by atoms with Gasteiger partial charge in [0, 0.05) is 72.5 Å². The number of benzene rings is 6. The molecule has 0 bridgehead atoms. The largest absolute Gasteiger partial charge is 0.613 e. The standard InChI is InChI=1S/C35H30N10O10.C29H26N2/c1-6-8-14-42-31(46)23(18-36)19(3)29-33(42)54-35(52-26-12-10-21(44(48)49)16-24(26)38-40-29)53-27-13-11-22(45(50)51)17-25(27)39-41-30-20(4)28(37-5)32(47)43(15-9-7-2)34(30)55-35;1-29(21-22-11-5-3-6-12-22)27(19-20-30-24-14-7-4-8-15-24)31(2)26-18-17-23-13-9-10-16-25(23)28(26)29/h10-13,16-17H,6-9,14-15H2,1-4H3;3-20H,21H2,1-2H3/p+1. The van der Waals surface area contributed by atoms with Gasteiger partial charge in [-0.3, -0.25) is 39.0 Å². The lowest BCUT2D eigenvalue weighted by atomic mass is 9.73. The van der Waals surface area contributed by atoms with Crippen molar-refractivity contribution in [3.8, 4) is 29.3 Å². The molecule has 22 nitrogen and oxygen atoms in total. The Hall–Kier alpha value is -11.1. The predicted molar refractivity (Wildman–Crippen MR) is 323 cm³/mol. The lowest BCUT2D eigenvalue weighted by molar-refractivity contribution is -0.401.